The Labute approximate surface area is 159 Å². The lowest BCUT2D eigenvalue weighted by Gasteiger charge is -2.11. The lowest BCUT2D eigenvalue weighted by atomic mass is 10.2. The van der Waals surface area contributed by atoms with Crippen LogP contribution in [0.3, 0.4) is 0 Å². The predicted octanol–water partition coefficient (Wildman–Crippen LogP) is 6.85. The van der Waals surface area contributed by atoms with Gasteiger partial charge in [-0.25, -0.2) is 4.98 Å². The molecule has 0 unspecified atom stereocenters. The minimum absolute atomic E-state index is 0.388. The monoisotopic (exact) mass is 385 g/mol. The molecule has 0 fully saturated rings. The number of fused-ring (bicyclic) bond motifs is 1. The summed E-state index contributed by atoms with van der Waals surface area (Å²) >= 11 is 14.0. The Kier molecular flexibility index (Phi) is 4.62. The minimum atomic E-state index is 0.388. The molecule has 0 spiro atoms. The molecule has 25 heavy (non-hydrogen) atoms. The Morgan fingerprint density at radius 1 is 0.920 bits per heavy atom. The average Bonchev–Trinajstić information content (AvgIpc) is 3.06. The van der Waals surface area contributed by atoms with Gasteiger partial charge in [-0.15, -0.1) is 11.3 Å². The Hall–Kier alpha value is -2.07. The maximum atomic E-state index is 6.21. The third-order valence-electron chi connectivity index (χ3n) is 3.81. The number of thiazole rings is 1. The number of ether oxygens (including phenoxy) is 1. The van der Waals surface area contributed by atoms with E-state index in [1.165, 1.54) is 0 Å². The van der Waals surface area contributed by atoms with Crippen LogP contribution >= 0.6 is 34.5 Å². The number of nitrogens with zero attached hydrogens (tertiary/aromatic N) is 1. The molecule has 1 aromatic heterocycles. The van der Waals surface area contributed by atoms with E-state index in [0.717, 1.165) is 32.1 Å². The van der Waals surface area contributed by atoms with Crippen LogP contribution in [0.5, 0.6) is 5.75 Å². The number of rotatable bonds is 4. The first-order valence-electron chi connectivity index (χ1n) is 7.72. The van der Waals surface area contributed by atoms with Gasteiger partial charge in [0.1, 0.15) is 17.4 Å². The zero-order valence-corrected chi connectivity index (χ0v) is 15.4. The smallest absolute Gasteiger partial charge is 0.130 e. The zero-order chi connectivity index (χ0) is 17.2. The summed E-state index contributed by atoms with van der Waals surface area (Å²) in [5.41, 5.74) is 2.80. The van der Waals surface area contributed by atoms with E-state index >= 15 is 0 Å². The normalized spacial score (nSPS) is 11.0. The van der Waals surface area contributed by atoms with Gasteiger partial charge in [-0.05, 0) is 36.4 Å². The van der Waals surface area contributed by atoms with Gasteiger partial charge in [0.25, 0.3) is 0 Å². The standard InChI is InChI=1S/C20H13Cl2NOS/c21-14-9-10-18(24-12-13-5-1-2-6-16(13)22)15(11-14)20-23-17-7-3-4-8-19(17)25-20/h1-11H,12H2. The molecule has 0 aliphatic carbocycles. The Bertz CT molecular complexity index is 1010. The number of aromatic nitrogens is 1. The SMILES string of the molecule is Clc1ccc(OCc2ccccc2Cl)c(-c2nc3ccccc3s2)c1. The van der Waals surface area contributed by atoms with Crippen molar-refractivity contribution >= 4 is 44.8 Å². The Morgan fingerprint density at radius 3 is 2.56 bits per heavy atom. The van der Waals surface area contributed by atoms with Crippen LogP contribution in [0.4, 0.5) is 0 Å². The quantitative estimate of drug-likeness (QED) is 0.383. The van der Waals surface area contributed by atoms with E-state index in [2.05, 4.69) is 6.07 Å². The van der Waals surface area contributed by atoms with Gasteiger partial charge < -0.3 is 4.74 Å². The molecular weight excluding hydrogens is 373 g/mol. The Balaban J connectivity index is 1.70. The van der Waals surface area contributed by atoms with Crippen LogP contribution < -0.4 is 4.74 Å². The highest BCUT2D eigenvalue weighted by molar-refractivity contribution is 7.21. The summed E-state index contributed by atoms with van der Waals surface area (Å²) in [5.74, 6) is 0.739. The van der Waals surface area contributed by atoms with Crippen molar-refractivity contribution in [1.29, 1.82) is 0 Å². The summed E-state index contributed by atoms with van der Waals surface area (Å²) in [7, 11) is 0. The molecule has 4 rings (SSSR count). The average molecular weight is 386 g/mol. The highest BCUT2D eigenvalue weighted by Gasteiger charge is 2.13. The molecule has 0 bridgehead atoms. The number of benzene rings is 3. The van der Waals surface area contributed by atoms with E-state index in [0.29, 0.717) is 16.7 Å². The molecule has 2 nitrogen and oxygen atoms in total. The second-order valence-electron chi connectivity index (χ2n) is 5.51. The fourth-order valence-corrected chi connectivity index (χ4v) is 3.90. The summed E-state index contributed by atoms with van der Waals surface area (Å²) in [6.07, 6.45) is 0. The molecule has 124 valence electrons. The molecule has 5 heteroatoms. The first-order chi connectivity index (χ1) is 12.2. The van der Waals surface area contributed by atoms with Crippen LogP contribution in [0, 0.1) is 0 Å². The highest BCUT2D eigenvalue weighted by Crippen LogP contribution is 2.37. The van der Waals surface area contributed by atoms with Crippen molar-refractivity contribution in [3.05, 3.63) is 82.3 Å². The largest absolute Gasteiger partial charge is 0.488 e. The molecule has 0 saturated carbocycles. The molecule has 3 aromatic carbocycles. The summed E-state index contributed by atoms with van der Waals surface area (Å²) in [6.45, 7) is 0.388. The van der Waals surface area contributed by atoms with Crippen LogP contribution in [-0.2, 0) is 6.61 Å². The number of hydrogen-bond acceptors (Lipinski definition) is 3. The third kappa shape index (κ3) is 3.49. The van der Waals surface area contributed by atoms with Crippen molar-refractivity contribution in [2.45, 2.75) is 6.61 Å². The van der Waals surface area contributed by atoms with Crippen molar-refractivity contribution in [2.75, 3.05) is 0 Å². The van der Waals surface area contributed by atoms with Crippen LogP contribution in [-0.4, -0.2) is 4.98 Å². The predicted molar refractivity (Wildman–Crippen MR) is 106 cm³/mol. The lowest BCUT2D eigenvalue weighted by Crippen LogP contribution is -1.97. The molecule has 1 heterocycles. The van der Waals surface area contributed by atoms with Crippen molar-refractivity contribution in [3.8, 4) is 16.3 Å². The van der Waals surface area contributed by atoms with Gasteiger partial charge in [-0.2, -0.15) is 0 Å². The summed E-state index contributed by atoms with van der Waals surface area (Å²) < 4.78 is 7.17. The molecule has 0 saturated heterocycles. The van der Waals surface area contributed by atoms with Crippen LogP contribution in [0.1, 0.15) is 5.56 Å². The van der Waals surface area contributed by atoms with Crippen molar-refractivity contribution in [1.82, 2.24) is 4.98 Å². The Morgan fingerprint density at radius 2 is 1.72 bits per heavy atom. The van der Waals surface area contributed by atoms with E-state index in [1.807, 2.05) is 60.7 Å². The van der Waals surface area contributed by atoms with Gasteiger partial charge in [-0.3, -0.25) is 0 Å². The van der Waals surface area contributed by atoms with Crippen LogP contribution in [0.2, 0.25) is 10.0 Å². The zero-order valence-electron chi connectivity index (χ0n) is 13.1. The van der Waals surface area contributed by atoms with Crippen LogP contribution in [0.15, 0.2) is 66.7 Å². The summed E-state index contributed by atoms with van der Waals surface area (Å²) in [4.78, 5) is 4.71. The fourth-order valence-electron chi connectivity index (χ4n) is 2.55. The first-order valence-corrected chi connectivity index (χ1v) is 9.29. The lowest BCUT2D eigenvalue weighted by molar-refractivity contribution is 0.307. The van der Waals surface area contributed by atoms with Crippen LogP contribution in [0.25, 0.3) is 20.8 Å². The van der Waals surface area contributed by atoms with E-state index in [4.69, 9.17) is 32.9 Å². The molecule has 0 aliphatic rings. The fraction of sp³-hybridized carbons (Fsp3) is 0.0500. The number of hydrogen-bond donors (Lipinski definition) is 0. The summed E-state index contributed by atoms with van der Waals surface area (Å²) in [6, 6.07) is 21.3. The molecule has 0 atom stereocenters. The van der Waals surface area contributed by atoms with E-state index in [-0.39, 0.29) is 0 Å². The molecule has 0 radical (unpaired) electrons. The highest BCUT2D eigenvalue weighted by atomic mass is 35.5. The van der Waals surface area contributed by atoms with Crippen molar-refractivity contribution < 1.29 is 4.74 Å². The molecule has 4 aromatic rings. The molecule has 0 aliphatic heterocycles. The summed E-state index contributed by atoms with van der Waals surface area (Å²) in [5, 5.41) is 2.23. The molecular formula is C20H13Cl2NOS. The van der Waals surface area contributed by atoms with Gasteiger partial charge >= 0.3 is 0 Å². The van der Waals surface area contributed by atoms with E-state index < -0.39 is 0 Å². The molecule has 0 amide bonds. The van der Waals surface area contributed by atoms with Crippen molar-refractivity contribution in [3.63, 3.8) is 0 Å². The number of para-hydroxylation sites is 1. The molecule has 0 N–H and O–H groups in total. The van der Waals surface area contributed by atoms with E-state index in [1.54, 1.807) is 11.3 Å². The van der Waals surface area contributed by atoms with E-state index in [9.17, 15) is 0 Å². The maximum Gasteiger partial charge on any atom is 0.130 e. The second kappa shape index (κ2) is 7.04. The number of halogens is 2. The minimum Gasteiger partial charge on any atom is -0.488 e. The maximum absolute atomic E-state index is 6.21. The van der Waals surface area contributed by atoms with Gasteiger partial charge in [-0.1, -0.05) is 53.5 Å². The second-order valence-corrected chi connectivity index (χ2v) is 7.38. The van der Waals surface area contributed by atoms with Gasteiger partial charge in [0.05, 0.1) is 15.8 Å². The first kappa shape index (κ1) is 16.4. The third-order valence-corrected chi connectivity index (χ3v) is 5.48. The topological polar surface area (TPSA) is 22.1 Å². The van der Waals surface area contributed by atoms with Crippen molar-refractivity contribution in [2.24, 2.45) is 0 Å². The van der Waals surface area contributed by atoms with Gasteiger partial charge in [0, 0.05) is 15.6 Å². The van der Waals surface area contributed by atoms with Gasteiger partial charge in [0.15, 0.2) is 0 Å². The van der Waals surface area contributed by atoms with Gasteiger partial charge in [0.2, 0.25) is 0 Å².